The highest BCUT2D eigenvalue weighted by atomic mass is 16.5. The number of carbonyl (C=O) groups is 3. The van der Waals surface area contributed by atoms with Crippen LogP contribution in [0.15, 0.2) is 36.7 Å². The number of ether oxygens (including phenoxy) is 1. The third-order valence-electron chi connectivity index (χ3n) is 7.10. The van der Waals surface area contributed by atoms with Crippen LogP contribution >= 0.6 is 0 Å². The van der Waals surface area contributed by atoms with Gasteiger partial charge >= 0.3 is 0 Å². The number of hydrogen-bond acceptors (Lipinski definition) is 7. The lowest BCUT2D eigenvalue weighted by Gasteiger charge is -2.30. The average Bonchev–Trinajstić information content (AvgIpc) is 3.55. The molecule has 1 aromatic heterocycles. The first-order valence-corrected chi connectivity index (χ1v) is 12.7. The number of nitrogens with one attached hydrogen (secondary N) is 1. The second-order valence-electron chi connectivity index (χ2n) is 9.89. The minimum absolute atomic E-state index is 0.0482. The molecule has 1 saturated carbocycles. The molecular weight excluding hydrogens is 472 g/mol. The van der Waals surface area contributed by atoms with Crippen LogP contribution in [0.5, 0.6) is 5.75 Å². The van der Waals surface area contributed by atoms with Crippen LogP contribution in [-0.2, 0) is 21.0 Å². The summed E-state index contributed by atoms with van der Waals surface area (Å²) < 4.78 is 5.82. The summed E-state index contributed by atoms with van der Waals surface area (Å²) in [5.41, 5.74) is 1.17. The number of aromatic nitrogens is 2. The molecule has 1 aliphatic carbocycles. The third kappa shape index (κ3) is 5.95. The van der Waals surface area contributed by atoms with Crippen molar-refractivity contribution in [3.63, 3.8) is 0 Å². The SMILES string of the molecule is CC[C@H](C)NC(=O)[C@@H]1C[C@H]2C[C@H]2N1C(=O)CN(C)c1ccc(OCc2ncccn2)cc1C(=[NH2+])C(C)=O. The van der Waals surface area contributed by atoms with Crippen molar-refractivity contribution < 1.29 is 24.5 Å². The monoisotopic (exact) mass is 507 g/mol. The number of likely N-dealkylation sites (N-methyl/N-ethyl adjacent to an activating group) is 1. The van der Waals surface area contributed by atoms with Crippen molar-refractivity contribution in [1.29, 1.82) is 0 Å². The summed E-state index contributed by atoms with van der Waals surface area (Å²) in [7, 11) is 1.77. The van der Waals surface area contributed by atoms with E-state index in [0.29, 0.717) is 35.2 Å². The number of likely N-dealkylation sites (tertiary alicyclic amines) is 1. The molecule has 2 heterocycles. The molecule has 3 N–H and O–H groups in total. The summed E-state index contributed by atoms with van der Waals surface area (Å²) in [6.07, 6.45) is 5.75. The molecule has 1 saturated heterocycles. The highest BCUT2D eigenvalue weighted by Gasteiger charge is 2.56. The van der Waals surface area contributed by atoms with Crippen molar-refractivity contribution in [1.82, 2.24) is 20.2 Å². The second kappa shape index (κ2) is 11.1. The topological polar surface area (TPSA) is 130 Å². The second-order valence-corrected chi connectivity index (χ2v) is 9.89. The molecule has 2 fully saturated rings. The number of hydrogen-bond donors (Lipinski definition) is 2. The quantitative estimate of drug-likeness (QED) is 0.425. The number of piperidine rings is 1. The Morgan fingerprint density at radius 2 is 1.97 bits per heavy atom. The predicted octanol–water partition coefficient (Wildman–Crippen LogP) is 0.533. The first-order valence-electron chi connectivity index (χ1n) is 12.7. The smallest absolute Gasteiger partial charge is 0.249 e. The molecule has 0 bridgehead atoms. The highest BCUT2D eigenvalue weighted by molar-refractivity contribution is 6.44. The van der Waals surface area contributed by atoms with Gasteiger partial charge in [-0.2, -0.15) is 0 Å². The average molecular weight is 508 g/mol. The maximum Gasteiger partial charge on any atom is 0.249 e. The minimum atomic E-state index is -0.442. The Bertz CT molecular complexity index is 1190. The van der Waals surface area contributed by atoms with Crippen LogP contribution < -0.4 is 20.4 Å². The van der Waals surface area contributed by atoms with Crippen LogP contribution in [-0.4, -0.2) is 69.9 Å². The fourth-order valence-corrected chi connectivity index (χ4v) is 4.76. The van der Waals surface area contributed by atoms with Gasteiger partial charge in [-0.25, -0.2) is 9.97 Å². The van der Waals surface area contributed by atoms with E-state index in [-0.39, 0.29) is 48.5 Å². The zero-order valence-electron chi connectivity index (χ0n) is 21.8. The number of carbonyl (C=O) groups excluding carboxylic acids is 3. The van der Waals surface area contributed by atoms with Crippen molar-refractivity contribution in [2.75, 3.05) is 18.5 Å². The Hall–Kier alpha value is -3.82. The Morgan fingerprint density at radius 3 is 2.65 bits per heavy atom. The van der Waals surface area contributed by atoms with Crippen LogP contribution in [0.3, 0.4) is 0 Å². The summed E-state index contributed by atoms with van der Waals surface area (Å²) >= 11 is 0. The fourth-order valence-electron chi connectivity index (χ4n) is 4.76. The Kier molecular flexibility index (Phi) is 7.85. The molecule has 10 heteroatoms. The molecule has 4 atom stereocenters. The van der Waals surface area contributed by atoms with Crippen LogP contribution in [0.25, 0.3) is 0 Å². The largest absolute Gasteiger partial charge is 0.486 e. The van der Waals surface area contributed by atoms with Gasteiger partial charge in [0.2, 0.25) is 23.3 Å². The lowest BCUT2D eigenvalue weighted by Crippen LogP contribution is -2.52. The number of benzene rings is 1. The number of nitrogens with zero attached hydrogens (tertiary/aromatic N) is 4. The standard InChI is InChI=1S/C27H34N6O4/c1-5-16(2)31-27(36)23-12-18-11-22(18)33(23)25(35)14-32(4)21-8-7-19(13-20(21)26(28)17(3)34)37-15-24-29-9-6-10-30-24/h6-10,13,16,18,22-23,28H,5,11-12,14-15H2,1-4H3,(H,31,36)/p+1/t16-,18+,22+,23-/m0/s1. The third-order valence-corrected chi connectivity index (χ3v) is 7.10. The number of rotatable bonds is 11. The Balaban J connectivity index is 1.49. The number of ketones is 1. The van der Waals surface area contributed by atoms with Gasteiger partial charge in [-0.3, -0.25) is 19.8 Å². The maximum atomic E-state index is 13.4. The van der Waals surface area contributed by atoms with E-state index in [9.17, 15) is 14.4 Å². The molecule has 2 aromatic rings. The van der Waals surface area contributed by atoms with Crippen molar-refractivity contribution in [2.24, 2.45) is 5.92 Å². The van der Waals surface area contributed by atoms with Gasteiger partial charge in [0.1, 0.15) is 18.4 Å². The van der Waals surface area contributed by atoms with Crippen molar-refractivity contribution >= 4 is 29.0 Å². The van der Waals surface area contributed by atoms with Gasteiger partial charge in [-0.1, -0.05) is 6.92 Å². The van der Waals surface area contributed by atoms with Gasteiger partial charge < -0.3 is 19.9 Å². The summed E-state index contributed by atoms with van der Waals surface area (Å²) in [5, 5.41) is 9.19. The van der Waals surface area contributed by atoms with E-state index >= 15 is 0 Å². The molecule has 1 aliphatic heterocycles. The van der Waals surface area contributed by atoms with Crippen molar-refractivity contribution in [2.45, 2.75) is 64.8 Å². The highest BCUT2D eigenvalue weighted by Crippen LogP contribution is 2.48. The first-order chi connectivity index (χ1) is 17.7. The van der Waals surface area contributed by atoms with Gasteiger partial charge in [0, 0.05) is 38.4 Å². The first kappa shape index (κ1) is 26.2. The lowest BCUT2D eigenvalue weighted by atomic mass is 10.0. The normalized spacial score (nSPS) is 20.5. The van der Waals surface area contributed by atoms with E-state index in [1.54, 1.807) is 53.5 Å². The van der Waals surface area contributed by atoms with Crippen LogP contribution in [0.2, 0.25) is 0 Å². The summed E-state index contributed by atoms with van der Waals surface area (Å²) in [6.45, 7) is 5.58. The number of amides is 2. The van der Waals surface area contributed by atoms with Gasteiger partial charge in [-0.05, 0) is 56.4 Å². The molecule has 0 spiro atoms. The van der Waals surface area contributed by atoms with E-state index in [0.717, 1.165) is 12.8 Å². The van der Waals surface area contributed by atoms with Crippen LogP contribution in [0, 0.1) is 5.92 Å². The Labute approximate surface area is 216 Å². The van der Waals surface area contributed by atoms with Gasteiger partial charge in [0.05, 0.1) is 17.8 Å². The van der Waals surface area contributed by atoms with E-state index in [4.69, 9.17) is 10.1 Å². The van der Waals surface area contributed by atoms with Gasteiger partial charge in [-0.15, -0.1) is 0 Å². The summed E-state index contributed by atoms with van der Waals surface area (Å²) in [6, 6.07) is 6.68. The molecule has 10 nitrogen and oxygen atoms in total. The zero-order chi connectivity index (χ0) is 26.7. The molecule has 196 valence electrons. The lowest BCUT2D eigenvalue weighted by molar-refractivity contribution is -0.139. The molecule has 0 radical (unpaired) electrons. The summed E-state index contributed by atoms with van der Waals surface area (Å²) in [4.78, 5) is 50.3. The molecule has 2 aliphatic rings. The van der Waals surface area contributed by atoms with E-state index < -0.39 is 6.04 Å². The van der Waals surface area contributed by atoms with E-state index in [1.807, 2.05) is 13.8 Å². The van der Waals surface area contributed by atoms with E-state index in [1.165, 1.54) is 6.92 Å². The van der Waals surface area contributed by atoms with Crippen LogP contribution in [0.1, 0.15) is 51.4 Å². The number of nitrogens with two attached hydrogens (primary N) is 1. The maximum absolute atomic E-state index is 13.4. The number of fused-ring (bicyclic) bond motifs is 1. The molecule has 2 amide bonds. The van der Waals surface area contributed by atoms with Crippen molar-refractivity contribution in [3.8, 4) is 5.75 Å². The molecule has 1 aromatic carbocycles. The molecule has 37 heavy (non-hydrogen) atoms. The predicted molar refractivity (Wildman–Crippen MR) is 138 cm³/mol. The Morgan fingerprint density at radius 1 is 1.24 bits per heavy atom. The van der Waals surface area contributed by atoms with Crippen LogP contribution in [0.4, 0.5) is 5.69 Å². The number of Topliss-reactive ketones (excluding diaryl/α,β-unsaturated/α-hetero) is 1. The summed E-state index contributed by atoms with van der Waals surface area (Å²) in [5.74, 6) is 0.922. The fraction of sp³-hybridized carbons (Fsp3) is 0.481. The van der Waals surface area contributed by atoms with Gasteiger partial charge in [0.15, 0.2) is 5.82 Å². The zero-order valence-corrected chi connectivity index (χ0v) is 21.8. The number of anilines is 1. The molecular formula is C27H35N6O4+. The van der Waals surface area contributed by atoms with Gasteiger partial charge in [0.25, 0.3) is 0 Å². The molecule has 0 unspecified atom stereocenters. The van der Waals surface area contributed by atoms with E-state index in [2.05, 4.69) is 15.3 Å². The minimum Gasteiger partial charge on any atom is -0.486 e. The van der Waals surface area contributed by atoms with Crippen molar-refractivity contribution in [3.05, 3.63) is 48.0 Å². The molecule has 4 rings (SSSR count).